The second-order valence-electron chi connectivity index (χ2n) is 1.51. The Morgan fingerprint density at radius 3 is 2.56 bits per heavy atom. The van der Waals surface area contributed by atoms with E-state index in [1.54, 1.807) is 0 Å². The molecule has 0 spiro atoms. The Hall–Kier alpha value is 0.600. The van der Waals surface area contributed by atoms with Crippen molar-refractivity contribution in [1.82, 2.24) is 0 Å². The maximum absolute atomic E-state index is 10.4. The maximum atomic E-state index is 10.4. The molecule has 0 aliphatic heterocycles. The maximum Gasteiger partial charge on any atom is 0.307 e. The molecule has 0 aliphatic carbocycles. The van der Waals surface area contributed by atoms with E-state index < -0.39 is 0 Å². The van der Waals surface area contributed by atoms with Crippen LogP contribution in [0.3, 0.4) is 0 Å². The lowest BCUT2D eigenvalue weighted by molar-refractivity contribution is -0.133. The van der Waals surface area contributed by atoms with Gasteiger partial charge in [0.25, 0.3) is 0 Å². The summed E-state index contributed by atoms with van der Waals surface area (Å²) in [5.74, 6) is -0.242. The summed E-state index contributed by atoms with van der Waals surface area (Å²) in [4.78, 5) is 10.4. The summed E-state index contributed by atoms with van der Waals surface area (Å²) in [6.07, 6.45) is 1.01. The van der Waals surface area contributed by atoms with E-state index in [0.717, 1.165) is 0 Å². The zero-order valence-electron chi connectivity index (χ0n) is 4.78. The molecule has 0 saturated carbocycles. The first-order valence-corrected chi connectivity index (χ1v) is 3.93. The molecule has 0 aromatic rings. The fourth-order valence-corrected chi connectivity index (χ4v) is 0.682. The van der Waals surface area contributed by atoms with Gasteiger partial charge < -0.3 is 4.52 Å². The van der Waals surface area contributed by atoms with Gasteiger partial charge >= 0.3 is 5.97 Å². The van der Waals surface area contributed by atoms with Crippen LogP contribution < -0.4 is 0 Å². The van der Waals surface area contributed by atoms with Gasteiger partial charge in [0.1, 0.15) is 0 Å². The quantitative estimate of drug-likeness (QED) is 0.392. The van der Waals surface area contributed by atoms with E-state index in [2.05, 4.69) is 29.8 Å². The third-order valence-corrected chi connectivity index (χ3v) is 1.52. The van der Waals surface area contributed by atoms with Gasteiger partial charge in [0.05, 0.1) is 9.47 Å². The van der Waals surface area contributed by atoms with E-state index in [0.29, 0.717) is 12.8 Å². The second-order valence-corrected chi connectivity index (χ2v) is 3.40. The van der Waals surface area contributed by atoms with Gasteiger partial charge in [0.2, 0.25) is 0 Å². The molecule has 0 aliphatic rings. The number of carbonyl (C=O) groups excluding carboxylic acids is 1. The van der Waals surface area contributed by atoms with Crippen molar-refractivity contribution in [2.24, 2.45) is 0 Å². The van der Waals surface area contributed by atoms with E-state index in [4.69, 9.17) is 0 Å². The number of hydrogen-bond acceptors (Lipinski definition) is 4. The first-order chi connectivity index (χ1) is 4.16. The van der Waals surface area contributed by atoms with E-state index in [1.807, 2.05) is 9.47 Å². The zero-order chi connectivity index (χ0) is 7.28. The standard InChI is InChI=1S/C4H9O2PS2/c5-3(6-7)1-2-4(8)9/h4,8-9H,1-2,7H2. The molecule has 0 bridgehead atoms. The van der Waals surface area contributed by atoms with Crippen molar-refractivity contribution in [2.75, 3.05) is 0 Å². The number of rotatable bonds is 3. The minimum Gasteiger partial charge on any atom is -0.452 e. The lowest BCUT2D eigenvalue weighted by atomic mass is 10.3. The monoisotopic (exact) mass is 184 g/mol. The molecule has 0 aromatic carbocycles. The van der Waals surface area contributed by atoms with Crippen molar-refractivity contribution in [3.8, 4) is 0 Å². The Bertz CT molecular complexity index is 96.6. The highest BCUT2D eigenvalue weighted by Crippen LogP contribution is 2.09. The summed E-state index contributed by atoms with van der Waals surface area (Å²) < 4.78 is 4.28. The molecule has 0 fully saturated rings. The normalized spacial score (nSPS) is 9.78. The highest BCUT2D eigenvalue weighted by atomic mass is 32.2. The van der Waals surface area contributed by atoms with E-state index in [1.165, 1.54) is 0 Å². The summed E-state index contributed by atoms with van der Waals surface area (Å²) in [6, 6.07) is 0. The van der Waals surface area contributed by atoms with Crippen LogP contribution in [0.4, 0.5) is 0 Å². The molecule has 0 radical (unpaired) electrons. The third kappa shape index (κ3) is 6.49. The van der Waals surface area contributed by atoms with Crippen molar-refractivity contribution in [1.29, 1.82) is 0 Å². The molecule has 9 heavy (non-hydrogen) atoms. The Labute approximate surface area is 67.8 Å². The van der Waals surface area contributed by atoms with Gasteiger partial charge in [0.15, 0.2) is 0 Å². The fraction of sp³-hybridized carbons (Fsp3) is 0.750. The van der Waals surface area contributed by atoms with Crippen LogP contribution in [0, 0.1) is 0 Å². The highest BCUT2D eigenvalue weighted by molar-refractivity contribution is 7.99. The van der Waals surface area contributed by atoms with Crippen molar-refractivity contribution in [2.45, 2.75) is 17.4 Å². The van der Waals surface area contributed by atoms with Crippen LogP contribution in [0.2, 0.25) is 0 Å². The third-order valence-electron chi connectivity index (χ3n) is 0.738. The first-order valence-electron chi connectivity index (χ1n) is 2.42. The Morgan fingerprint density at radius 1 is 1.67 bits per heavy atom. The van der Waals surface area contributed by atoms with Gasteiger partial charge in [-0.3, -0.25) is 4.79 Å². The van der Waals surface area contributed by atoms with E-state index >= 15 is 0 Å². The van der Waals surface area contributed by atoms with Crippen LogP contribution in [-0.4, -0.2) is 10.6 Å². The van der Waals surface area contributed by atoms with Gasteiger partial charge in [0, 0.05) is 11.0 Å². The van der Waals surface area contributed by atoms with Gasteiger partial charge in [-0.05, 0) is 6.42 Å². The fourth-order valence-electron chi connectivity index (χ4n) is 0.306. The predicted octanol–water partition coefficient (Wildman–Crippen LogP) is 1.29. The van der Waals surface area contributed by atoms with Gasteiger partial charge in [-0.1, -0.05) is 0 Å². The van der Waals surface area contributed by atoms with Crippen LogP contribution >= 0.6 is 34.7 Å². The van der Waals surface area contributed by atoms with E-state index in [-0.39, 0.29) is 10.6 Å². The molecule has 0 amide bonds. The van der Waals surface area contributed by atoms with Crippen molar-refractivity contribution < 1.29 is 9.32 Å². The van der Waals surface area contributed by atoms with Crippen LogP contribution in [0.1, 0.15) is 12.8 Å². The second kappa shape index (κ2) is 5.39. The summed E-state index contributed by atoms with van der Waals surface area (Å²) >= 11 is 7.92. The SMILES string of the molecule is O=C(CCC(S)S)OP. The van der Waals surface area contributed by atoms with Gasteiger partial charge in [-0.15, -0.1) is 0 Å². The summed E-state index contributed by atoms with van der Waals surface area (Å²) in [5.41, 5.74) is 0. The lowest BCUT2D eigenvalue weighted by Gasteiger charge is -1.99. The Balaban J connectivity index is 3.17. The van der Waals surface area contributed by atoms with Crippen molar-refractivity contribution >= 4 is 40.7 Å². The molecule has 1 unspecified atom stereocenters. The zero-order valence-corrected chi connectivity index (χ0v) is 7.72. The van der Waals surface area contributed by atoms with Crippen LogP contribution in [0.15, 0.2) is 0 Å². The number of carbonyl (C=O) groups is 1. The smallest absolute Gasteiger partial charge is 0.307 e. The minimum absolute atomic E-state index is 0.0332. The lowest BCUT2D eigenvalue weighted by Crippen LogP contribution is -1.98. The molecule has 0 saturated heterocycles. The Kier molecular flexibility index (Phi) is 5.75. The molecule has 54 valence electrons. The number of thiol groups is 2. The van der Waals surface area contributed by atoms with Crippen LogP contribution in [-0.2, 0) is 9.32 Å². The number of hydrogen-bond donors (Lipinski definition) is 2. The molecular formula is C4H9O2PS2. The van der Waals surface area contributed by atoms with Crippen molar-refractivity contribution in [3.05, 3.63) is 0 Å². The highest BCUT2D eigenvalue weighted by Gasteiger charge is 2.01. The first kappa shape index (κ1) is 9.60. The average Bonchev–Trinajstić information content (AvgIpc) is 1.83. The molecule has 0 N–H and O–H groups in total. The Morgan fingerprint density at radius 2 is 2.22 bits per heavy atom. The van der Waals surface area contributed by atoms with E-state index in [9.17, 15) is 4.79 Å². The molecular weight excluding hydrogens is 175 g/mol. The summed E-state index contributed by atoms with van der Waals surface area (Å²) in [7, 11) is 1.90. The predicted molar refractivity (Wildman–Crippen MR) is 46.8 cm³/mol. The molecule has 0 aromatic heterocycles. The summed E-state index contributed by atoms with van der Waals surface area (Å²) in [5, 5.41) is 0. The topological polar surface area (TPSA) is 26.3 Å². The molecule has 0 heterocycles. The van der Waals surface area contributed by atoms with Gasteiger partial charge in [-0.2, -0.15) is 25.3 Å². The molecule has 5 heteroatoms. The van der Waals surface area contributed by atoms with Gasteiger partial charge in [-0.25, -0.2) is 0 Å². The largest absolute Gasteiger partial charge is 0.452 e. The van der Waals surface area contributed by atoms with Crippen LogP contribution in [0.5, 0.6) is 0 Å². The molecule has 0 rings (SSSR count). The average molecular weight is 184 g/mol. The molecule has 1 atom stereocenters. The van der Waals surface area contributed by atoms with Crippen molar-refractivity contribution in [3.63, 3.8) is 0 Å². The molecule has 2 nitrogen and oxygen atoms in total. The minimum atomic E-state index is -0.242. The summed E-state index contributed by atoms with van der Waals surface area (Å²) in [6.45, 7) is 0. The van der Waals surface area contributed by atoms with Crippen LogP contribution in [0.25, 0.3) is 0 Å².